The van der Waals surface area contributed by atoms with Crippen LogP contribution in [-0.4, -0.2) is 13.0 Å². The van der Waals surface area contributed by atoms with Crippen molar-refractivity contribution in [3.63, 3.8) is 0 Å². The summed E-state index contributed by atoms with van der Waals surface area (Å²) in [5.74, 6) is 1.06. The minimum absolute atomic E-state index is 0.125. The van der Waals surface area contributed by atoms with E-state index in [0.717, 1.165) is 12.8 Å². The standard InChI is InChI=1S/C16H25NO/c1-5-13-6-8-14(9-7-13)15(10-12(2)3)11-16(18)17-4/h6-9,12,15H,5,10-11H2,1-4H3,(H,17,18). The number of benzene rings is 1. The number of rotatable bonds is 6. The minimum Gasteiger partial charge on any atom is -0.359 e. The van der Waals surface area contributed by atoms with Crippen LogP contribution in [-0.2, 0) is 11.2 Å². The zero-order valence-electron chi connectivity index (χ0n) is 12.0. The van der Waals surface area contributed by atoms with Crippen LogP contribution in [0.15, 0.2) is 24.3 Å². The molecule has 0 radical (unpaired) electrons. The SMILES string of the molecule is CCc1ccc(C(CC(=O)NC)CC(C)C)cc1. The van der Waals surface area contributed by atoms with Crippen molar-refractivity contribution in [1.82, 2.24) is 5.32 Å². The van der Waals surface area contributed by atoms with E-state index in [4.69, 9.17) is 0 Å². The van der Waals surface area contributed by atoms with Crippen molar-refractivity contribution in [1.29, 1.82) is 0 Å². The summed E-state index contributed by atoms with van der Waals surface area (Å²) in [6.07, 6.45) is 2.70. The lowest BCUT2D eigenvalue weighted by atomic mass is 9.87. The van der Waals surface area contributed by atoms with Gasteiger partial charge in [-0.15, -0.1) is 0 Å². The Morgan fingerprint density at radius 3 is 2.28 bits per heavy atom. The predicted octanol–water partition coefficient (Wildman–Crippen LogP) is 3.51. The van der Waals surface area contributed by atoms with Gasteiger partial charge in [0.05, 0.1) is 0 Å². The van der Waals surface area contributed by atoms with E-state index in [1.54, 1.807) is 7.05 Å². The van der Waals surface area contributed by atoms with Crippen LogP contribution >= 0.6 is 0 Å². The van der Waals surface area contributed by atoms with Crippen molar-refractivity contribution in [2.24, 2.45) is 5.92 Å². The molecule has 2 nitrogen and oxygen atoms in total. The average Bonchev–Trinajstić information content (AvgIpc) is 2.37. The van der Waals surface area contributed by atoms with Crippen molar-refractivity contribution >= 4 is 5.91 Å². The maximum atomic E-state index is 11.6. The Morgan fingerprint density at radius 1 is 1.22 bits per heavy atom. The van der Waals surface area contributed by atoms with Crippen LogP contribution in [0.5, 0.6) is 0 Å². The molecule has 1 amide bonds. The van der Waals surface area contributed by atoms with Crippen molar-refractivity contribution < 1.29 is 4.79 Å². The maximum absolute atomic E-state index is 11.6. The normalized spacial score (nSPS) is 12.5. The molecule has 0 aliphatic rings. The molecule has 0 heterocycles. The van der Waals surface area contributed by atoms with Crippen LogP contribution in [0.25, 0.3) is 0 Å². The van der Waals surface area contributed by atoms with Gasteiger partial charge in [-0.3, -0.25) is 4.79 Å². The van der Waals surface area contributed by atoms with Gasteiger partial charge in [0.2, 0.25) is 5.91 Å². The van der Waals surface area contributed by atoms with E-state index in [2.05, 4.69) is 50.4 Å². The van der Waals surface area contributed by atoms with E-state index in [1.165, 1.54) is 11.1 Å². The minimum atomic E-state index is 0.125. The van der Waals surface area contributed by atoms with Gasteiger partial charge in [-0.05, 0) is 35.8 Å². The molecule has 1 aromatic rings. The topological polar surface area (TPSA) is 29.1 Å². The van der Waals surface area contributed by atoms with Gasteiger partial charge in [0, 0.05) is 13.5 Å². The van der Waals surface area contributed by atoms with Gasteiger partial charge in [-0.25, -0.2) is 0 Å². The van der Waals surface area contributed by atoms with E-state index in [-0.39, 0.29) is 5.91 Å². The second kappa shape index (κ2) is 7.20. The Labute approximate surface area is 111 Å². The lowest BCUT2D eigenvalue weighted by Crippen LogP contribution is -2.21. The first-order chi connectivity index (χ1) is 8.56. The predicted molar refractivity (Wildman–Crippen MR) is 76.7 cm³/mol. The quantitative estimate of drug-likeness (QED) is 0.819. The van der Waals surface area contributed by atoms with Crippen LogP contribution < -0.4 is 5.32 Å². The average molecular weight is 247 g/mol. The molecule has 0 aliphatic heterocycles. The van der Waals surface area contributed by atoms with Gasteiger partial charge >= 0.3 is 0 Å². The summed E-state index contributed by atoms with van der Waals surface area (Å²) >= 11 is 0. The molecule has 0 bridgehead atoms. The largest absolute Gasteiger partial charge is 0.359 e. The molecule has 0 saturated carbocycles. The molecular formula is C16H25NO. The summed E-state index contributed by atoms with van der Waals surface area (Å²) in [6, 6.07) is 8.70. The molecule has 0 fully saturated rings. The number of aryl methyl sites for hydroxylation is 1. The molecule has 0 aliphatic carbocycles. The molecule has 1 aromatic carbocycles. The Kier molecular flexibility index (Phi) is 5.90. The third kappa shape index (κ3) is 4.52. The van der Waals surface area contributed by atoms with Crippen molar-refractivity contribution in [2.75, 3.05) is 7.05 Å². The van der Waals surface area contributed by atoms with E-state index in [0.29, 0.717) is 18.3 Å². The summed E-state index contributed by atoms with van der Waals surface area (Å²) in [5.41, 5.74) is 2.63. The lowest BCUT2D eigenvalue weighted by Gasteiger charge is -2.19. The highest BCUT2D eigenvalue weighted by Crippen LogP contribution is 2.27. The van der Waals surface area contributed by atoms with Gasteiger partial charge in [0.15, 0.2) is 0 Å². The Hall–Kier alpha value is -1.31. The number of amides is 1. The van der Waals surface area contributed by atoms with Crippen molar-refractivity contribution in [3.8, 4) is 0 Å². The number of carbonyl (C=O) groups is 1. The Morgan fingerprint density at radius 2 is 1.83 bits per heavy atom. The molecule has 0 aromatic heterocycles. The molecule has 1 N–H and O–H groups in total. The van der Waals surface area contributed by atoms with Gasteiger partial charge in [0.1, 0.15) is 0 Å². The Balaban J connectivity index is 2.82. The second-order valence-electron chi connectivity index (χ2n) is 5.30. The monoisotopic (exact) mass is 247 g/mol. The molecule has 0 spiro atoms. The highest BCUT2D eigenvalue weighted by molar-refractivity contribution is 5.76. The van der Waals surface area contributed by atoms with Gasteiger partial charge in [-0.1, -0.05) is 45.0 Å². The molecular weight excluding hydrogens is 222 g/mol. The zero-order chi connectivity index (χ0) is 13.5. The number of carbonyl (C=O) groups excluding carboxylic acids is 1. The van der Waals surface area contributed by atoms with Crippen LogP contribution in [0.1, 0.15) is 50.7 Å². The molecule has 100 valence electrons. The molecule has 0 saturated heterocycles. The zero-order valence-corrected chi connectivity index (χ0v) is 12.0. The van der Waals surface area contributed by atoms with E-state index >= 15 is 0 Å². The summed E-state index contributed by atoms with van der Waals surface area (Å²) in [5, 5.41) is 2.72. The van der Waals surface area contributed by atoms with Gasteiger partial charge < -0.3 is 5.32 Å². The fourth-order valence-corrected chi connectivity index (χ4v) is 2.26. The smallest absolute Gasteiger partial charge is 0.220 e. The molecule has 18 heavy (non-hydrogen) atoms. The lowest BCUT2D eigenvalue weighted by molar-refractivity contribution is -0.121. The van der Waals surface area contributed by atoms with Gasteiger partial charge in [0.25, 0.3) is 0 Å². The van der Waals surface area contributed by atoms with Crippen LogP contribution in [0.3, 0.4) is 0 Å². The molecule has 1 atom stereocenters. The molecule has 2 heteroatoms. The van der Waals surface area contributed by atoms with Crippen LogP contribution in [0.2, 0.25) is 0 Å². The van der Waals surface area contributed by atoms with Crippen LogP contribution in [0, 0.1) is 5.92 Å². The van der Waals surface area contributed by atoms with Crippen LogP contribution in [0.4, 0.5) is 0 Å². The third-order valence-corrected chi connectivity index (χ3v) is 3.33. The highest BCUT2D eigenvalue weighted by Gasteiger charge is 2.16. The first-order valence-electron chi connectivity index (χ1n) is 6.86. The van der Waals surface area contributed by atoms with E-state index in [9.17, 15) is 4.79 Å². The first kappa shape index (κ1) is 14.7. The van der Waals surface area contributed by atoms with Crippen molar-refractivity contribution in [3.05, 3.63) is 35.4 Å². The van der Waals surface area contributed by atoms with Gasteiger partial charge in [-0.2, -0.15) is 0 Å². The summed E-state index contributed by atoms with van der Waals surface area (Å²) in [6.45, 7) is 6.57. The fraction of sp³-hybridized carbons (Fsp3) is 0.562. The highest BCUT2D eigenvalue weighted by atomic mass is 16.1. The summed E-state index contributed by atoms with van der Waals surface area (Å²) in [7, 11) is 1.70. The number of hydrogen-bond donors (Lipinski definition) is 1. The molecule has 1 unspecified atom stereocenters. The third-order valence-electron chi connectivity index (χ3n) is 3.33. The first-order valence-corrected chi connectivity index (χ1v) is 6.86. The second-order valence-corrected chi connectivity index (χ2v) is 5.30. The summed E-state index contributed by atoms with van der Waals surface area (Å²) in [4.78, 5) is 11.6. The van der Waals surface area contributed by atoms with E-state index in [1.807, 2.05) is 0 Å². The van der Waals surface area contributed by atoms with Crippen molar-refractivity contribution in [2.45, 2.75) is 46.0 Å². The number of nitrogens with one attached hydrogen (secondary N) is 1. The summed E-state index contributed by atoms with van der Waals surface area (Å²) < 4.78 is 0. The Bertz CT molecular complexity index is 367. The van der Waals surface area contributed by atoms with E-state index < -0.39 is 0 Å². The maximum Gasteiger partial charge on any atom is 0.220 e. The fourth-order valence-electron chi connectivity index (χ4n) is 2.26. The number of hydrogen-bond acceptors (Lipinski definition) is 1. The molecule has 1 rings (SSSR count).